The SMILES string of the molecule is C[C@@H]1C=CC=CC1N1c2ccc(-c3ccccc3)cc2C2=C(c3ccc4c(-c5nc(-c6ccccc6)nc(-c6ccccc6)n5)cccc4c3)C=CCC21. The summed E-state index contributed by atoms with van der Waals surface area (Å²) in [6.45, 7) is 2.34. The number of allylic oxidation sites excluding steroid dienone is 4. The predicted octanol–water partition coefficient (Wildman–Crippen LogP) is 11.9. The minimum Gasteiger partial charge on any atom is -0.357 e. The molecule has 2 unspecified atom stereocenters. The van der Waals surface area contributed by atoms with Crippen molar-refractivity contribution < 1.29 is 0 Å². The van der Waals surface area contributed by atoms with E-state index in [1.807, 2.05) is 36.4 Å². The molecule has 0 radical (unpaired) electrons. The topological polar surface area (TPSA) is 41.9 Å². The molecule has 2 heterocycles. The maximum absolute atomic E-state index is 5.06. The zero-order valence-electron chi connectivity index (χ0n) is 30.0. The van der Waals surface area contributed by atoms with Crippen LogP contribution in [0.1, 0.15) is 24.5 Å². The van der Waals surface area contributed by atoms with Crippen LogP contribution in [0.2, 0.25) is 0 Å². The van der Waals surface area contributed by atoms with Gasteiger partial charge in [0.25, 0.3) is 0 Å². The fourth-order valence-corrected chi connectivity index (χ4v) is 8.48. The van der Waals surface area contributed by atoms with E-state index in [-0.39, 0.29) is 12.1 Å². The van der Waals surface area contributed by atoms with E-state index >= 15 is 0 Å². The van der Waals surface area contributed by atoms with Crippen molar-refractivity contribution in [3.8, 4) is 45.3 Å². The Bertz CT molecular complexity index is 2600. The van der Waals surface area contributed by atoms with Crippen LogP contribution in [0.25, 0.3) is 67.2 Å². The zero-order chi connectivity index (χ0) is 36.0. The average Bonchev–Trinajstić information content (AvgIpc) is 3.58. The lowest BCUT2D eigenvalue weighted by Gasteiger charge is -2.38. The summed E-state index contributed by atoms with van der Waals surface area (Å²) in [6, 6.07) is 52.0. The average molecular weight is 695 g/mol. The molecule has 2 aliphatic carbocycles. The summed E-state index contributed by atoms with van der Waals surface area (Å²) >= 11 is 0. The number of aromatic nitrogens is 3. The van der Waals surface area contributed by atoms with Gasteiger partial charge in [-0.3, -0.25) is 0 Å². The van der Waals surface area contributed by atoms with Crippen LogP contribution in [0.5, 0.6) is 0 Å². The molecule has 7 aromatic rings. The molecule has 4 heteroatoms. The van der Waals surface area contributed by atoms with Gasteiger partial charge >= 0.3 is 0 Å². The summed E-state index contributed by atoms with van der Waals surface area (Å²) in [5.74, 6) is 2.40. The highest BCUT2D eigenvalue weighted by molar-refractivity contribution is 6.08. The first-order valence-electron chi connectivity index (χ1n) is 18.8. The van der Waals surface area contributed by atoms with Gasteiger partial charge in [0.05, 0.1) is 12.1 Å². The molecule has 0 fully saturated rings. The van der Waals surface area contributed by atoms with E-state index in [2.05, 4.69) is 157 Å². The molecule has 3 atom stereocenters. The lowest BCUT2D eigenvalue weighted by Crippen LogP contribution is -2.43. The molecule has 0 saturated heterocycles. The third kappa shape index (κ3) is 5.59. The largest absolute Gasteiger partial charge is 0.357 e. The third-order valence-electron chi connectivity index (χ3n) is 11.1. The van der Waals surface area contributed by atoms with Crippen LogP contribution in [-0.2, 0) is 0 Å². The summed E-state index contributed by atoms with van der Waals surface area (Å²) in [7, 11) is 0. The maximum atomic E-state index is 5.06. The Hall–Kier alpha value is -6.65. The molecule has 54 heavy (non-hydrogen) atoms. The molecule has 10 rings (SSSR count). The number of benzene rings is 6. The van der Waals surface area contributed by atoms with E-state index in [0.717, 1.165) is 33.9 Å². The van der Waals surface area contributed by atoms with Gasteiger partial charge in [-0.15, -0.1) is 0 Å². The monoisotopic (exact) mass is 694 g/mol. The van der Waals surface area contributed by atoms with E-state index in [1.54, 1.807) is 0 Å². The summed E-state index contributed by atoms with van der Waals surface area (Å²) < 4.78 is 0. The highest BCUT2D eigenvalue weighted by Crippen LogP contribution is 2.51. The second-order valence-corrected chi connectivity index (χ2v) is 14.4. The van der Waals surface area contributed by atoms with Crippen LogP contribution in [0.3, 0.4) is 0 Å². The summed E-state index contributed by atoms with van der Waals surface area (Å²) in [6.07, 6.45) is 14.8. The first kappa shape index (κ1) is 32.0. The summed E-state index contributed by atoms with van der Waals surface area (Å²) in [5, 5.41) is 2.26. The van der Waals surface area contributed by atoms with Crippen molar-refractivity contribution in [2.24, 2.45) is 5.92 Å². The Balaban J connectivity index is 1.12. The maximum Gasteiger partial charge on any atom is 0.164 e. The number of rotatable bonds is 6. The van der Waals surface area contributed by atoms with Crippen molar-refractivity contribution in [2.45, 2.75) is 25.4 Å². The molecule has 0 amide bonds. The Morgan fingerprint density at radius 3 is 1.89 bits per heavy atom. The lowest BCUT2D eigenvalue weighted by atomic mass is 9.84. The Labute approximate surface area is 316 Å². The molecule has 0 bridgehead atoms. The van der Waals surface area contributed by atoms with Gasteiger partial charge in [-0.05, 0) is 69.1 Å². The first-order valence-corrected chi connectivity index (χ1v) is 18.8. The second-order valence-electron chi connectivity index (χ2n) is 14.4. The normalized spacial score (nSPS) is 18.6. The van der Waals surface area contributed by atoms with Crippen molar-refractivity contribution in [1.29, 1.82) is 0 Å². The van der Waals surface area contributed by atoms with Gasteiger partial charge in [0.15, 0.2) is 17.5 Å². The van der Waals surface area contributed by atoms with Crippen molar-refractivity contribution >= 4 is 27.6 Å². The molecular weight excluding hydrogens is 657 g/mol. The zero-order valence-corrected chi connectivity index (χ0v) is 30.0. The first-order chi connectivity index (χ1) is 26.7. The predicted molar refractivity (Wildman–Crippen MR) is 224 cm³/mol. The van der Waals surface area contributed by atoms with Crippen molar-refractivity contribution in [3.05, 3.63) is 193 Å². The molecule has 0 spiro atoms. The van der Waals surface area contributed by atoms with E-state index in [1.165, 1.54) is 39.1 Å². The molecule has 4 nitrogen and oxygen atoms in total. The van der Waals surface area contributed by atoms with E-state index < -0.39 is 0 Å². The number of anilines is 1. The molecule has 258 valence electrons. The van der Waals surface area contributed by atoms with Crippen LogP contribution in [0, 0.1) is 5.92 Å². The minimum absolute atomic E-state index is 0.245. The van der Waals surface area contributed by atoms with Crippen LogP contribution in [0.4, 0.5) is 5.69 Å². The molecule has 6 aromatic carbocycles. The van der Waals surface area contributed by atoms with Gasteiger partial charge in [-0.25, -0.2) is 15.0 Å². The van der Waals surface area contributed by atoms with Gasteiger partial charge in [-0.2, -0.15) is 0 Å². The quantitative estimate of drug-likeness (QED) is 0.174. The van der Waals surface area contributed by atoms with Crippen LogP contribution in [0.15, 0.2) is 182 Å². The number of hydrogen-bond acceptors (Lipinski definition) is 4. The van der Waals surface area contributed by atoms with E-state index in [0.29, 0.717) is 23.4 Å². The fraction of sp³-hybridized carbons (Fsp3) is 0.100. The number of hydrogen-bond donors (Lipinski definition) is 0. The molecule has 3 aliphatic rings. The van der Waals surface area contributed by atoms with E-state index in [4.69, 9.17) is 15.0 Å². The second kappa shape index (κ2) is 13.4. The van der Waals surface area contributed by atoms with E-state index in [9.17, 15) is 0 Å². The summed E-state index contributed by atoms with van der Waals surface area (Å²) in [5.41, 5.74) is 11.9. The third-order valence-corrected chi connectivity index (χ3v) is 11.1. The lowest BCUT2D eigenvalue weighted by molar-refractivity contribution is 0.541. The highest BCUT2D eigenvalue weighted by Gasteiger charge is 2.41. The Morgan fingerprint density at radius 1 is 0.537 bits per heavy atom. The molecular formula is C50H38N4. The van der Waals surface area contributed by atoms with Gasteiger partial charge in [-0.1, -0.05) is 171 Å². The van der Waals surface area contributed by atoms with Crippen LogP contribution < -0.4 is 4.90 Å². The smallest absolute Gasteiger partial charge is 0.164 e. The fourth-order valence-electron chi connectivity index (χ4n) is 8.48. The number of fused-ring (bicyclic) bond motifs is 4. The minimum atomic E-state index is 0.245. The molecule has 0 N–H and O–H groups in total. The Morgan fingerprint density at radius 2 is 1.19 bits per heavy atom. The van der Waals surface area contributed by atoms with Gasteiger partial charge in [0.2, 0.25) is 0 Å². The molecule has 1 aliphatic heterocycles. The summed E-state index contributed by atoms with van der Waals surface area (Å²) in [4.78, 5) is 17.7. The van der Waals surface area contributed by atoms with Crippen LogP contribution >= 0.6 is 0 Å². The Kier molecular flexibility index (Phi) is 7.95. The standard InChI is InChI=1S/C50H38N4/c1-33-15-11-12-25-44(33)54-45-30-28-37(34-16-5-2-6-17-34)32-43(45)47-41(23-14-26-46(47)54)39-27-29-40-38(31-39)22-13-24-42(40)50-52-48(35-18-7-3-8-19-35)51-49(53-50)36-20-9-4-10-21-36/h2-25,27-33,44,46H,26H2,1H3/t33-,44?,46?/m1/s1. The van der Waals surface area contributed by atoms with Gasteiger partial charge < -0.3 is 4.90 Å². The number of nitrogens with zero attached hydrogens (tertiary/aromatic N) is 4. The molecule has 0 saturated carbocycles. The molecule has 1 aromatic heterocycles. The highest BCUT2D eigenvalue weighted by atomic mass is 15.2. The van der Waals surface area contributed by atoms with Crippen molar-refractivity contribution in [3.63, 3.8) is 0 Å². The van der Waals surface area contributed by atoms with Gasteiger partial charge in [0, 0.05) is 27.9 Å². The van der Waals surface area contributed by atoms with Gasteiger partial charge in [0.1, 0.15) is 0 Å². The van der Waals surface area contributed by atoms with Crippen LogP contribution in [-0.4, -0.2) is 27.0 Å². The van der Waals surface area contributed by atoms with Crippen molar-refractivity contribution in [2.75, 3.05) is 4.90 Å². The van der Waals surface area contributed by atoms with Crippen molar-refractivity contribution in [1.82, 2.24) is 15.0 Å².